The van der Waals surface area contributed by atoms with Crippen LogP contribution in [0.2, 0.25) is 5.02 Å². The molecule has 0 unspecified atom stereocenters. The van der Waals surface area contributed by atoms with E-state index in [0.29, 0.717) is 22.1 Å². The Hall–Kier alpha value is -2.07. The van der Waals surface area contributed by atoms with Crippen LogP contribution in [0.15, 0.2) is 42.5 Å². The lowest BCUT2D eigenvalue weighted by Crippen LogP contribution is -1.92. The first-order valence-corrected chi connectivity index (χ1v) is 5.63. The van der Waals surface area contributed by atoms with Gasteiger partial charge < -0.3 is 4.74 Å². The molecule has 0 N–H and O–H groups in total. The Labute approximate surface area is 109 Å². The van der Waals surface area contributed by atoms with Crippen LogP contribution in [0, 0.1) is 17.0 Å². The molecule has 0 atom stereocenters. The molecule has 0 bridgehead atoms. The third kappa shape index (κ3) is 2.60. The molecule has 0 aliphatic rings. The van der Waals surface area contributed by atoms with Gasteiger partial charge in [-0.25, -0.2) is 0 Å². The van der Waals surface area contributed by atoms with Crippen LogP contribution in [0.3, 0.4) is 0 Å². The number of ether oxygens (including phenoxy) is 1. The summed E-state index contributed by atoms with van der Waals surface area (Å²) >= 11 is 5.97. The van der Waals surface area contributed by atoms with Crippen LogP contribution in [0.25, 0.3) is 0 Å². The van der Waals surface area contributed by atoms with E-state index in [9.17, 15) is 10.1 Å². The van der Waals surface area contributed by atoms with E-state index in [2.05, 4.69) is 0 Å². The predicted octanol–water partition coefficient (Wildman–Crippen LogP) is 4.35. The Morgan fingerprint density at radius 3 is 2.50 bits per heavy atom. The minimum Gasteiger partial charge on any atom is -0.456 e. The van der Waals surface area contributed by atoms with Gasteiger partial charge in [-0.15, -0.1) is 0 Å². The van der Waals surface area contributed by atoms with Gasteiger partial charge in [0.15, 0.2) is 0 Å². The van der Waals surface area contributed by atoms with Gasteiger partial charge in [-0.1, -0.05) is 23.7 Å². The first-order chi connectivity index (χ1) is 8.58. The molecule has 0 amide bonds. The molecule has 0 heterocycles. The van der Waals surface area contributed by atoms with Gasteiger partial charge >= 0.3 is 0 Å². The highest BCUT2D eigenvalue weighted by molar-refractivity contribution is 6.32. The number of hydrogen-bond acceptors (Lipinski definition) is 3. The molecule has 4 nitrogen and oxygen atoms in total. The van der Waals surface area contributed by atoms with Crippen molar-refractivity contribution in [1.29, 1.82) is 0 Å². The number of hydrogen-bond donors (Lipinski definition) is 0. The van der Waals surface area contributed by atoms with Crippen LogP contribution < -0.4 is 4.74 Å². The molecule has 2 aromatic rings. The summed E-state index contributed by atoms with van der Waals surface area (Å²) in [6.07, 6.45) is 0. The Balaban J connectivity index is 2.30. The number of non-ortho nitro benzene ring substituents is 1. The minimum atomic E-state index is -0.438. The summed E-state index contributed by atoms with van der Waals surface area (Å²) in [5.41, 5.74) is 0.725. The van der Waals surface area contributed by atoms with Crippen molar-refractivity contribution >= 4 is 17.3 Å². The van der Waals surface area contributed by atoms with Crippen LogP contribution in [-0.2, 0) is 0 Å². The van der Waals surface area contributed by atoms with Gasteiger partial charge in [-0.2, -0.15) is 0 Å². The van der Waals surface area contributed by atoms with E-state index >= 15 is 0 Å². The number of nitrogens with zero attached hydrogens (tertiary/aromatic N) is 1. The average molecular weight is 264 g/mol. The summed E-state index contributed by atoms with van der Waals surface area (Å²) in [5, 5.41) is 11.1. The number of nitro benzene ring substituents is 1. The van der Waals surface area contributed by atoms with Crippen molar-refractivity contribution in [2.45, 2.75) is 6.92 Å². The number of halogens is 1. The molecule has 0 aromatic heterocycles. The highest BCUT2D eigenvalue weighted by atomic mass is 35.5. The van der Waals surface area contributed by atoms with Gasteiger partial charge in [0.2, 0.25) is 0 Å². The molecule has 0 aliphatic carbocycles. The molecule has 5 heteroatoms. The van der Waals surface area contributed by atoms with E-state index in [4.69, 9.17) is 16.3 Å². The zero-order chi connectivity index (χ0) is 13.1. The van der Waals surface area contributed by atoms with E-state index in [1.165, 1.54) is 12.1 Å². The number of benzene rings is 2. The summed E-state index contributed by atoms with van der Waals surface area (Å²) in [5.74, 6) is 1.07. The summed E-state index contributed by atoms with van der Waals surface area (Å²) in [7, 11) is 0. The van der Waals surface area contributed by atoms with Gasteiger partial charge in [0.1, 0.15) is 11.5 Å². The summed E-state index contributed by atoms with van der Waals surface area (Å²) in [6.45, 7) is 1.75. The summed E-state index contributed by atoms with van der Waals surface area (Å²) in [6, 6.07) is 11.5. The molecule has 0 fully saturated rings. The van der Waals surface area contributed by atoms with Crippen molar-refractivity contribution < 1.29 is 9.66 Å². The molecule has 0 radical (unpaired) electrons. The molecule has 0 saturated carbocycles. The first kappa shape index (κ1) is 12.4. The van der Waals surface area contributed by atoms with Crippen LogP contribution in [0.1, 0.15) is 5.56 Å². The van der Waals surface area contributed by atoms with Crippen LogP contribution in [0.5, 0.6) is 11.5 Å². The summed E-state index contributed by atoms with van der Waals surface area (Å²) in [4.78, 5) is 10.2. The SMILES string of the molecule is Cc1cc([N+](=O)[O-])ccc1Oc1ccccc1Cl. The lowest BCUT2D eigenvalue weighted by atomic mass is 10.2. The fourth-order valence-electron chi connectivity index (χ4n) is 1.51. The summed E-state index contributed by atoms with van der Waals surface area (Å²) < 4.78 is 5.62. The van der Waals surface area contributed by atoms with E-state index < -0.39 is 4.92 Å². The first-order valence-electron chi connectivity index (χ1n) is 5.25. The van der Waals surface area contributed by atoms with Crippen molar-refractivity contribution in [2.75, 3.05) is 0 Å². The van der Waals surface area contributed by atoms with E-state index in [1.54, 1.807) is 31.2 Å². The second-order valence-electron chi connectivity index (χ2n) is 3.74. The van der Waals surface area contributed by atoms with Gasteiger partial charge in [-0.05, 0) is 30.7 Å². The van der Waals surface area contributed by atoms with Crippen molar-refractivity contribution in [3.63, 3.8) is 0 Å². The third-order valence-corrected chi connectivity index (χ3v) is 2.74. The Morgan fingerprint density at radius 2 is 1.89 bits per heavy atom. The lowest BCUT2D eigenvalue weighted by molar-refractivity contribution is -0.384. The maximum absolute atomic E-state index is 10.6. The van der Waals surface area contributed by atoms with Gasteiger partial charge in [0.05, 0.1) is 9.95 Å². The third-order valence-electron chi connectivity index (χ3n) is 2.43. The molecule has 0 saturated heterocycles. The quantitative estimate of drug-likeness (QED) is 0.611. The second kappa shape index (κ2) is 5.06. The van der Waals surface area contributed by atoms with E-state index in [-0.39, 0.29) is 5.69 Å². The number of aryl methyl sites for hydroxylation is 1. The molecule has 0 spiro atoms. The van der Waals surface area contributed by atoms with Gasteiger partial charge in [0, 0.05) is 12.1 Å². The molecule has 92 valence electrons. The molecule has 2 aromatic carbocycles. The fourth-order valence-corrected chi connectivity index (χ4v) is 1.68. The lowest BCUT2D eigenvalue weighted by Gasteiger charge is -2.09. The highest BCUT2D eigenvalue weighted by Crippen LogP contribution is 2.32. The Bertz CT molecular complexity index is 599. The topological polar surface area (TPSA) is 52.4 Å². The average Bonchev–Trinajstić information content (AvgIpc) is 2.34. The van der Waals surface area contributed by atoms with Crippen molar-refractivity contribution in [3.8, 4) is 11.5 Å². The molecule has 2 rings (SSSR count). The van der Waals surface area contributed by atoms with Crippen molar-refractivity contribution in [2.24, 2.45) is 0 Å². The molecule has 18 heavy (non-hydrogen) atoms. The number of rotatable bonds is 3. The zero-order valence-electron chi connectivity index (χ0n) is 9.59. The fraction of sp³-hybridized carbons (Fsp3) is 0.0769. The number of nitro groups is 1. The normalized spacial score (nSPS) is 10.1. The predicted molar refractivity (Wildman–Crippen MR) is 69.4 cm³/mol. The monoisotopic (exact) mass is 263 g/mol. The maximum atomic E-state index is 10.6. The molecular formula is C13H10ClNO3. The van der Waals surface area contributed by atoms with Crippen LogP contribution in [-0.4, -0.2) is 4.92 Å². The highest BCUT2D eigenvalue weighted by Gasteiger charge is 2.10. The van der Waals surface area contributed by atoms with Crippen LogP contribution in [0.4, 0.5) is 5.69 Å². The zero-order valence-corrected chi connectivity index (χ0v) is 10.3. The van der Waals surface area contributed by atoms with Gasteiger partial charge in [-0.3, -0.25) is 10.1 Å². The van der Waals surface area contributed by atoms with Crippen molar-refractivity contribution in [1.82, 2.24) is 0 Å². The molecular weight excluding hydrogens is 254 g/mol. The standard InChI is InChI=1S/C13H10ClNO3/c1-9-8-10(15(16)17)6-7-12(9)18-13-5-3-2-4-11(13)14/h2-8H,1H3. The number of para-hydroxylation sites is 1. The van der Waals surface area contributed by atoms with Crippen molar-refractivity contribution in [3.05, 3.63) is 63.2 Å². The largest absolute Gasteiger partial charge is 0.456 e. The maximum Gasteiger partial charge on any atom is 0.269 e. The second-order valence-corrected chi connectivity index (χ2v) is 4.15. The van der Waals surface area contributed by atoms with Crippen LogP contribution >= 0.6 is 11.6 Å². The Morgan fingerprint density at radius 1 is 1.17 bits per heavy atom. The van der Waals surface area contributed by atoms with Gasteiger partial charge in [0.25, 0.3) is 5.69 Å². The van der Waals surface area contributed by atoms with E-state index in [1.807, 2.05) is 6.07 Å². The van der Waals surface area contributed by atoms with E-state index in [0.717, 1.165) is 0 Å². The smallest absolute Gasteiger partial charge is 0.269 e. The minimum absolute atomic E-state index is 0.0407. The molecule has 0 aliphatic heterocycles. The Kier molecular flexibility index (Phi) is 3.48.